The lowest BCUT2D eigenvalue weighted by Crippen LogP contribution is -2.19. The summed E-state index contributed by atoms with van der Waals surface area (Å²) in [6.07, 6.45) is 1.76. The zero-order valence-electron chi connectivity index (χ0n) is 9.29. The smallest absolute Gasteiger partial charge is 0.180 e. The molecule has 0 saturated carbocycles. The van der Waals surface area contributed by atoms with Gasteiger partial charge in [-0.2, -0.15) is 0 Å². The molecular formula is C12H15NO3. The van der Waals surface area contributed by atoms with Crippen LogP contribution in [0.5, 0.6) is 11.5 Å². The van der Waals surface area contributed by atoms with Crippen LogP contribution in [-0.2, 0) is 6.42 Å². The van der Waals surface area contributed by atoms with Crippen LogP contribution in [0.3, 0.4) is 0 Å². The third kappa shape index (κ3) is 1.76. The van der Waals surface area contributed by atoms with E-state index in [4.69, 9.17) is 15.2 Å². The van der Waals surface area contributed by atoms with E-state index < -0.39 is 0 Å². The molecule has 0 spiro atoms. The molecule has 2 rings (SSSR count). The largest absolute Gasteiger partial charge is 0.496 e. The maximum atomic E-state index is 11.8. The number of methoxy groups -OCH3 is 1. The fraction of sp³-hybridized carbons (Fsp3) is 0.417. The van der Waals surface area contributed by atoms with E-state index in [9.17, 15) is 4.79 Å². The zero-order valence-corrected chi connectivity index (χ0v) is 9.29. The van der Waals surface area contributed by atoms with Gasteiger partial charge in [0, 0.05) is 5.56 Å². The van der Waals surface area contributed by atoms with E-state index in [-0.39, 0.29) is 12.3 Å². The van der Waals surface area contributed by atoms with Crippen LogP contribution in [0.1, 0.15) is 22.3 Å². The number of carbonyl (C=O) groups is 1. The summed E-state index contributed by atoms with van der Waals surface area (Å²) in [4.78, 5) is 11.8. The number of benzene rings is 1. The van der Waals surface area contributed by atoms with E-state index in [2.05, 4.69) is 0 Å². The van der Waals surface area contributed by atoms with Gasteiger partial charge in [0.1, 0.15) is 11.5 Å². The predicted octanol–water partition coefficient (Wildman–Crippen LogP) is 1.16. The molecule has 0 aliphatic carbocycles. The van der Waals surface area contributed by atoms with Gasteiger partial charge in [-0.1, -0.05) is 0 Å². The Kier molecular flexibility index (Phi) is 3.10. The van der Waals surface area contributed by atoms with Crippen LogP contribution in [0.15, 0.2) is 12.1 Å². The molecule has 0 saturated heterocycles. The van der Waals surface area contributed by atoms with Gasteiger partial charge in [-0.15, -0.1) is 0 Å². The Morgan fingerprint density at radius 3 is 3.06 bits per heavy atom. The number of rotatable bonds is 3. The highest BCUT2D eigenvalue weighted by Crippen LogP contribution is 2.34. The van der Waals surface area contributed by atoms with Gasteiger partial charge < -0.3 is 15.2 Å². The average molecular weight is 221 g/mol. The molecule has 0 radical (unpaired) electrons. The van der Waals surface area contributed by atoms with Crippen molar-refractivity contribution in [1.82, 2.24) is 0 Å². The summed E-state index contributed by atoms with van der Waals surface area (Å²) in [7, 11) is 1.55. The van der Waals surface area contributed by atoms with Crippen molar-refractivity contribution in [2.45, 2.75) is 12.8 Å². The molecule has 1 aliphatic rings. The number of nitrogens with two attached hydrogens (primary N) is 1. The van der Waals surface area contributed by atoms with Gasteiger partial charge >= 0.3 is 0 Å². The summed E-state index contributed by atoms with van der Waals surface area (Å²) >= 11 is 0. The Balaban J connectivity index is 2.56. The van der Waals surface area contributed by atoms with E-state index in [1.165, 1.54) is 0 Å². The lowest BCUT2D eigenvalue weighted by atomic mass is 9.96. The van der Waals surface area contributed by atoms with Gasteiger partial charge in [-0.25, -0.2) is 0 Å². The molecule has 0 unspecified atom stereocenters. The Hall–Kier alpha value is -1.55. The monoisotopic (exact) mass is 221 g/mol. The maximum Gasteiger partial charge on any atom is 0.180 e. The van der Waals surface area contributed by atoms with Crippen LogP contribution in [0, 0.1) is 0 Å². The molecule has 0 atom stereocenters. The lowest BCUT2D eigenvalue weighted by Gasteiger charge is -2.21. The fourth-order valence-electron chi connectivity index (χ4n) is 2.00. The van der Waals surface area contributed by atoms with Crippen molar-refractivity contribution >= 4 is 5.78 Å². The Bertz CT molecular complexity index is 415. The van der Waals surface area contributed by atoms with Crippen molar-refractivity contribution in [2.75, 3.05) is 20.3 Å². The molecule has 86 valence electrons. The molecular weight excluding hydrogens is 206 g/mol. The second-order valence-electron chi connectivity index (χ2n) is 3.70. The van der Waals surface area contributed by atoms with Gasteiger partial charge in [0.2, 0.25) is 0 Å². The lowest BCUT2D eigenvalue weighted by molar-refractivity contribution is 0.0996. The van der Waals surface area contributed by atoms with Crippen molar-refractivity contribution in [1.29, 1.82) is 0 Å². The van der Waals surface area contributed by atoms with Crippen LogP contribution in [0.4, 0.5) is 0 Å². The van der Waals surface area contributed by atoms with Crippen LogP contribution in [0.2, 0.25) is 0 Å². The van der Waals surface area contributed by atoms with Crippen LogP contribution in [-0.4, -0.2) is 26.0 Å². The number of hydrogen-bond donors (Lipinski definition) is 1. The third-order valence-corrected chi connectivity index (χ3v) is 2.74. The van der Waals surface area contributed by atoms with Crippen LogP contribution >= 0.6 is 0 Å². The molecule has 0 fully saturated rings. The summed E-state index contributed by atoms with van der Waals surface area (Å²) in [5.74, 6) is 1.27. The Morgan fingerprint density at radius 2 is 2.38 bits per heavy atom. The first-order valence-electron chi connectivity index (χ1n) is 5.34. The molecule has 1 aromatic rings. The van der Waals surface area contributed by atoms with Crippen molar-refractivity contribution in [3.05, 3.63) is 23.3 Å². The quantitative estimate of drug-likeness (QED) is 0.778. The number of hydrogen-bond acceptors (Lipinski definition) is 4. The minimum absolute atomic E-state index is 0.00713. The highest BCUT2D eigenvalue weighted by Gasteiger charge is 2.22. The number of carbonyl (C=O) groups excluding carboxylic acids is 1. The van der Waals surface area contributed by atoms with Crippen LogP contribution in [0.25, 0.3) is 0 Å². The molecule has 4 nitrogen and oxygen atoms in total. The summed E-state index contributed by atoms with van der Waals surface area (Å²) < 4.78 is 10.7. The molecule has 1 aromatic carbocycles. The highest BCUT2D eigenvalue weighted by atomic mass is 16.5. The van der Waals surface area contributed by atoms with Crippen molar-refractivity contribution in [2.24, 2.45) is 5.73 Å². The molecule has 1 heterocycles. The van der Waals surface area contributed by atoms with Crippen molar-refractivity contribution in [3.8, 4) is 11.5 Å². The minimum atomic E-state index is -0.0980. The molecule has 2 N–H and O–H groups in total. The number of ketones is 1. The molecule has 0 amide bonds. The number of fused-ring (bicyclic) bond motifs is 1. The Morgan fingerprint density at radius 1 is 1.56 bits per heavy atom. The van der Waals surface area contributed by atoms with E-state index in [0.29, 0.717) is 17.9 Å². The SMILES string of the molecule is COc1ccc2c(c1C(=O)CN)CCCO2. The molecule has 4 heteroatoms. The molecule has 0 bridgehead atoms. The first kappa shape index (κ1) is 11.0. The highest BCUT2D eigenvalue weighted by molar-refractivity contribution is 6.02. The summed E-state index contributed by atoms with van der Waals surface area (Å²) in [5.41, 5.74) is 6.93. The summed E-state index contributed by atoms with van der Waals surface area (Å²) in [6.45, 7) is 0.697. The van der Waals surface area contributed by atoms with Gasteiger partial charge in [-0.3, -0.25) is 4.79 Å². The molecule has 16 heavy (non-hydrogen) atoms. The normalized spacial score (nSPS) is 13.9. The van der Waals surface area contributed by atoms with Gasteiger partial charge in [0.15, 0.2) is 5.78 Å². The summed E-state index contributed by atoms with van der Waals surface area (Å²) in [5, 5.41) is 0. The standard InChI is InChI=1S/C12H15NO3/c1-15-11-5-4-10-8(3-2-6-16-10)12(11)9(14)7-13/h4-5H,2-3,6-7,13H2,1H3. The first-order valence-corrected chi connectivity index (χ1v) is 5.34. The molecule has 0 aromatic heterocycles. The summed E-state index contributed by atoms with van der Waals surface area (Å²) in [6, 6.07) is 3.60. The van der Waals surface area contributed by atoms with Crippen LogP contribution < -0.4 is 15.2 Å². The van der Waals surface area contributed by atoms with Gasteiger partial charge in [0.05, 0.1) is 25.8 Å². The average Bonchev–Trinajstić information content (AvgIpc) is 2.36. The van der Waals surface area contributed by atoms with Crippen molar-refractivity contribution in [3.63, 3.8) is 0 Å². The minimum Gasteiger partial charge on any atom is -0.496 e. The second kappa shape index (κ2) is 4.53. The molecule has 1 aliphatic heterocycles. The van der Waals surface area contributed by atoms with E-state index in [1.54, 1.807) is 13.2 Å². The van der Waals surface area contributed by atoms with E-state index >= 15 is 0 Å². The van der Waals surface area contributed by atoms with Gasteiger partial charge in [0.25, 0.3) is 0 Å². The Labute approximate surface area is 94.3 Å². The van der Waals surface area contributed by atoms with E-state index in [1.807, 2.05) is 6.07 Å². The first-order chi connectivity index (χ1) is 7.77. The fourth-order valence-corrected chi connectivity index (χ4v) is 2.00. The number of ether oxygens (including phenoxy) is 2. The predicted molar refractivity (Wildman–Crippen MR) is 60.2 cm³/mol. The zero-order chi connectivity index (χ0) is 11.5. The number of Topliss-reactive ketones (excluding diaryl/α,β-unsaturated/α-hetero) is 1. The van der Waals surface area contributed by atoms with Gasteiger partial charge in [-0.05, 0) is 25.0 Å². The van der Waals surface area contributed by atoms with E-state index in [0.717, 1.165) is 24.2 Å². The second-order valence-corrected chi connectivity index (χ2v) is 3.70. The third-order valence-electron chi connectivity index (χ3n) is 2.74. The van der Waals surface area contributed by atoms with Crippen molar-refractivity contribution < 1.29 is 14.3 Å². The maximum absolute atomic E-state index is 11.8. The topological polar surface area (TPSA) is 61.5 Å².